The fourth-order valence-electron chi connectivity index (χ4n) is 5.40. The van der Waals surface area contributed by atoms with Crippen molar-refractivity contribution in [1.29, 1.82) is 0 Å². The first kappa shape index (κ1) is 15.3. The van der Waals surface area contributed by atoms with Gasteiger partial charge in [0, 0.05) is 6.04 Å². The lowest BCUT2D eigenvalue weighted by Crippen LogP contribution is -2.43. The Balaban J connectivity index is 1.44. The molecule has 1 aliphatic heterocycles. The van der Waals surface area contributed by atoms with Crippen LogP contribution >= 0.6 is 0 Å². The maximum absolute atomic E-state index is 5.62. The van der Waals surface area contributed by atoms with Crippen molar-refractivity contribution in [3.05, 3.63) is 35.9 Å². The van der Waals surface area contributed by atoms with Crippen LogP contribution in [0, 0.1) is 11.8 Å². The van der Waals surface area contributed by atoms with Crippen molar-refractivity contribution in [3.8, 4) is 5.75 Å². The quantitative estimate of drug-likeness (QED) is 0.798. The van der Waals surface area contributed by atoms with Crippen molar-refractivity contribution in [2.45, 2.75) is 50.5 Å². The highest BCUT2D eigenvalue weighted by molar-refractivity contribution is 5.52. The van der Waals surface area contributed by atoms with Crippen LogP contribution in [-0.4, -0.2) is 31.1 Å². The first-order valence-electron chi connectivity index (χ1n) is 9.33. The molecule has 0 aromatic heterocycles. The van der Waals surface area contributed by atoms with Gasteiger partial charge in [-0.2, -0.15) is 0 Å². The summed E-state index contributed by atoms with van der Waals surface area (Å²) < 4.78 is 5.62. The van der Waals surface area contributed by atoms with E-state index in [1.807, 2.05) is 6.08 Å². The molecule has 2 heteroatoms. The highest BCUT2D eigenvalue weighted by atomic mass is 16.5. The molecule has 3 atom stereocenters. The van der Waals surface area contributed by atoms with Gasteiger partial charge in [-0.15, -0.1) is 0 Å². The topological polar surface area (TPSA) is 12.5 Å². The molecule has 0 unspecified atom stereocenters. The van der Waals surface area contributed by atoms with E-state index in [0.29, 0.717) is 5.92 Å². The zero-order valence-electron chi connectivity index (χ0n) is 14.3. The highest BCUT2D eigenvalue weighted by Gasteiger charge is 2.42. The molecule has 0 spiro atoms. The fourth-order valence-corrected chi connectivity index (χ4v) is 5.40. The second-order valence-corrected chi connectivity index (χ2v) is 7.76. The Morgan fingerprint density at radius 1 is 1.13 bits per heavy atom. The number of rotatable bonds is 4. The first-order chi connectivity index (χ1) is 11.3. The lowest BCUT2D eigenvalue weighted by atomic mass is 9.85. The minimum atomic E-state index is 0.639. The summed E-state index contributed by atoms with van der Waals surface area (Å²) in [6, 6.07) is 7.38. The van der Waals surface area contributed by atoms with Gasteiger partial charge < -0.3 is 9.64 Å². The van der Waals surface area contributed by atoms with Crippen LogP contribution in [0.5, 0.6) is 5.75 Å². The van der Waals surface area contributed by atoms with Gasteiger partial charge in [0.2, 0.25) is 0 Å². The van der Waals surface area contributed by atoms with Crippen LogP contribution in [0.2, 0.25) is 0 Å². The van der Waals surface area contributed by atoms with Crippen LogP contribution in [-0.2, 0) is 0 Å². The number of benzene rings is 1. The van der Waals surface area contributed by atoms with E-state index in [-0.39, 0.29) is 0 Å². The summed E-state index contributed by atoms with van der Waals surface area (Å²) in [4.78, 5) is 2.81. The van der Waals surface area contributed by atoms with Crippen LogP contribution in [0.15, 0.2) is 24.8 Å². The third-order valence-electron chi connectivity index (χ3n) is 6.63. The lowest BCUT2D eigenvalue weighted by Gasteiger charge is -2.40. The van der Waals surface area contributed by atoms with E-state index < -0.39 is 0 Å². The van der Waals surface area contributed by atoms with E-state index in [0.717, 1.165) is 23.6 Å². The smallest absolute Gasteiger partial charge is 0.122 e. The van der Waals surface area contributed by atoms with Crippen LogP contribution in [0.25, 0.3) is 6.08 Å². The molecule has 0 N–H and O–H groups in total. The monoisotopic (exact) mass is 311 g/mol. The third kappa shape index (κ3) is 2.82. The number of hydrogen-bond acceptors (Lipinski definition) is 2. The third-order valence-corrected chi connectivity index (χ3v) is 6.63. The zero-order valence-corrected chi connectivity index (χ0v) is 14.3. The Morgan fingerprint density at radius 3 is 2.57 bits per heavy atom. The number of nitrogens with zero attached hydrogens (tertiary/aromatic N) is 1. The Bertz CT molecular complexity index is 573. The second-order valence-electron chi connectivity index (χ2n) is 7.76. The van der Waals surface area contributed by atoms with Crippen molar-refractivity contribution < 1.29 is 4.74 Å². The van der Waals surface area contributed by atoms with E-state index in [9.17, 15) is 0 Å². The summed E-state index contributed by atoms with van der Waals surface area (Å²) in [6.45, 7) is 6.44. The van der Waals surface area contributed by atoms with Gasteiger partial charge in [0.15, 0.2) is 0 Å². The largest absolute Gasteiger partial charge is 0.496 e. The second kappa shape index (κ2) is 6.32. The molecule has 124 valence electrons. The fraction of sp³-hybridized carbons (Fsp3) is 0.619. The van der Waals surface area contributed by atoms with Crippen LogP contribution < -0.4 is 4.74 Å². The number of ether oxygens (including phenoxy) is 1. The molecule has 1 aromatic carbocycles. The molecule has 3 fully saturated rings. The van der Waals surface area contributed by atoms with Gasteiger partial charge in [0.05, 0.1) is 7.11 Å². The van der Waals surface area contributed by atoms with Crippen molar-refractivity contribution in [1.82, 2.24) is 4.90 Å². The number of fused-ring (bicyclic) bond motifs is 2. The molecule has 23 heavy (non-hydrogen) atoms. The number of methoxy groups -OCH3 is 1. The standard InChI is InChI=1S/C21H29NO/c1-3-15-5-7-21(23-2)19(13-15)17-8-10-22(11-9-17)20-14-16-4-6-18(20)12-16/h3,5,7,13,16-18,20H,1,4,6,8-12,14H2,2H3/t16-,18-,20+/m0/s1. The summed E-state index contributed by atoms with van der Waals surface area (Å²) in [5, 5.41) is 0. The molecule has 4 rings (SSSR count). The van der Waals surface area contributed by atoms with Gasteiger partial charge in [-0.1, -0.05) is 25.1 Å². The molecule has 2 aliphatic carbocycles. The summed E-state index contributed by atoms with van der Waals surface area (Å²) in [5.41, 5.74) is 2.59. The first-order valence-corrected chi connectivity index (χ1v) is 9.33. The number of piperidine rings is 1. The number of likely N-dealkylation sites (tertiary alicyclic amines) is 1. The molecular weight excluding hydrogens is 282 g/mol. The maximum Gasteiger partial charge on any atom is 0.122 e. The molecular formula is C21H29NO. The zero-order chi connectivity index (χ0) is 15.8. The predicted octanol–water partition coefficient (Wildman–Crippen LogP) is 4.71. The lowest BCUT2D eigenvalue weighted by molar-refractivity contribution is 0.110. The molecule has 1 aromatic rings. The molecule has 2 bridgehead atoms. The van der Waals surface area contributed by atoms with Gasteiger partial charge in [-0.25, -0.2) is 0 Å². The minimum Gasteiger partial charge on any atom is -0.496 e. The summed E-state index contributed by atoms with van der Waals surface area (Å²) in [6.07, 6.45) is 10.5. The van der Waals surface area contributed by atoms with Gasteiger partial charge in [-0.3, -0.25) is 0 Å². The predicted molar refractivity (Wildman–Crippen MR) is 95.9 cm³/mol. The van der Waals surface area contributed by atoms with Crippen molar-refractivity contribution in [2.75, 3.05) is 20.2 Å². The van der Waals surface area contributed by atoms with Crippen LogP contribution in [0.3, 0.4) is 0 Å². The molecule has 1 heterocycles. The SMILES string of the molecule is C=Cc1ccc(OC)c(C2CCN([C@@H]3C[C@H]4CC[C@H]3C4)CC2)c1. The molecule has 0 radical (unpaired) electrons. The Labute approximate surface area is 140 Å². The van der Waals surface area contributed by atoms with Crippen LogP contribution in [0.1, 0.15) is 55.6 Å². The molecule has 2 saturated carbocycles. The van der Waals surface area contributed by atoms with E-state index in [2.05, 4.69) is 29.7 Å². The molecule has 0 amide bonds. The Hall–Kier alpha value is -1.28. The summed E-state index contributed by atoms with van der Waals surface area (Å²) >= 11 is 0. The van der Waals surface area contributed by atoms with Gasteiger partial charge in [0.1, 0.15) is 5.75 Å². The summed E-state index contributed by atoms with van der Waals surface area (Å²) in [7, 11) is 1.79. The van der Waals surface area contributed by atoms with Crippen molar-refractivity contribution in [3.63, 3.8) is 0 Å². The molecule has 3 aliphatic rings. The Morgan fingerprint density at radius 2 is 1.96 bits per heavy atom. The Kier molecular flexibility index (Phi) is 4.19. The number of hydrogen-bond donors (Lipinski definition) is 0. The summed E-state index contributed by atoms with van der Waals surface area (Å²) in [5.74, 6) is 3.75. The van der Waals surface area contributed by atoms with Gasteiger partial charge in [0.25, 0.3) is 0 Å². The molecule has 1 saturated heterocycles. The van der Waals surface area contributed by atoms with Crippen LogP contribution in [0.4, 0.5) is 0 Å². The van der Waals surface area contributed by atoms with E-state index >= 15 is 0 Å². The van der Waals surface area contributed by atoms with E-state index in [1.54, 1.807) is 7.11 Å². The average molecular weight is 311 g/mol. The average Bonchev–Trinajstić information content (AvgIpc) is 3.24. The highest BCUT2D eigenvalue weighted by Crippen LogP contribution is 2.47. The minimum absolute atomic E-state index is 0.639. The van der Waals surface area contributed by atoms with Crippen molar-refractivity contribution in [2.24, 2.45) is 11.8 Å². The maximum atomic E-state index is 5.62. The van der Waals surface area contributed by atoms with E-state index in [4.69, 9.17) is 4.74 Å². The van der Waals surface area contributed by atoms with Gasteiger partial charge in [-0.05, 0) is 86.2 Å². The normalized spacial score (nSPS) is 31.4. The molecule has 2 nitrogen and oxygen atoms in total. The van der Waals surface area contributed by atoms with Crippen molar-refractivity contribution >= 4 is 6.08 Å². The van der Waals surface area contributed by atoms with Gasteiger partial charge >= 0.3 is 0 Å². The van der Waals surface area contributed by atoms with E-state index in [1.165, 1.54) is 62.7 Å².